The third kappa shape index (κ3) is 5.97. The lowest BCUT2D eigenvalue weighted by Crippen LogP contribution is -2.36. The quantitative estimate of drug-likeness (QED) is 0.505. The van der Waals surface area contributed by atoms with Crippen molar-refractivity contribution in [2.24, 2.45) is 5.92 Å². The van der Waals surface area contributed by atoms with Crippen LogP contribution in [0.2, 0.25) is 0 Å². The van der Waals surface area contributed by atoms with Gasteiger partial charge in [0.05, 0.1) is 6.61 Å². The summed E-state index contributed by atoms with van der Waals surface area (Å²) in [7, 11) is 1.80. The first-order valence-electron chi connectivity index (χ1n) is 5.45. The van der Waals surface area contributed by atoms with E-state index in [1.165, 1.54) is 0 Å². The molecule has 0 aromatic carbocycles. The second kappa shape index (κ2) is 7.80. The Balaban J connectivity index is 3.79. The zero-order valence-electron chi connectivity index (χ0n) is 9.80. The Morgan fingerprint density at radius 2 is 2.07 bits per heavy atom. The van der Waals surface area contributed by atoms with Gasteiger partial charge >= 0.3 is 5.97 Å². The van der Waals surface area contributed by atoms with Crippen LogP contribution >= 0.6 is 0 Å². The molecule has 0 spiro atoms. The molecule has 1 N–H and O–H groups in total. The maximum atomic E-state index is 11.5. The van der Waals surface area contributed by atoms with Crippen molar-refractivity contribution < 1.29 is 9.53 Å². The molecule has 0 unspecified atom stereocenters. The number of nitrogens with one attached hydrogen (secondary N) is 1. The van der Waals surface area contributed by atoms with Crippen molar-refractivity contribution >= 4 is 5.97 Å². The molecule has 3 heteroatoms. The van der Waals surface area contributed by atoms with E-state index in [0.717, 1.165) is 19.3 Å². The van der Waals surface area contributed by atoms with E-state index in [2.05, 4.69) is 26.1 Å². The molecule has 0 fully saturated rings. The number of esters is 1. The van der Waals surface area contributed by atoms with Crippen molar-refractivity contribution in [2.75, 3.05) is 13.7 Å². The maximum Gasteiger partial charge on any atom is 0.323 e. The Morgan fingerprint density at radius 3 is 2.50 bits per heavy atom. The zero-order chi connectivity index (χ0) is 11.0. The number of hydrogen-bond acceptors (Lipinski definition) is 3. The van der Waals surface area contributed by atoms with E-state index in [0.29, 0.717) is 12.5 Å². The van der Waals surface area contributed by atoms with Crippen LogP contribution in [0.1, 0.15) is 40.0 Å². The molecule has 0 saturated heterocycles. The highest BCUT2D eigenvalue weighted by atomic mass is 16.5. The van der Waals surface area contributed by atoms with E-state index in [-0.39, 0.29) is 12.0 Å². The Bertz CT molecular complexity index is 157. The molecule has 0 aliphatic rings. The van der Waals surface area contributed by atoms with Crippen LogP contribution in [0.4, 0.5) is 0 Å². The molecule has 1 atom stereocenters. The summed E-state index contributed by atoms with van der Waals surface area (Å²) in [6, 6.07) is -0.146. The number of carbonyl (C=O) groups excluding carboxylic acids is 1. The van der Waals surface area contributed by atoms with E-state index in [4.69, 9.17) is 4.74 Å². The molecule has 0 aliphatic carbocycles. The van der Waals surface area contributed by atoms with Crippen molar-refractivity contribution in [3.8, 4) is 0 Å². The Hall–Kier alpha value is -0.570. The fraction of sp³-hybridized carbons (Fsp3) is 0.909. The molecule has 0 aromatic heterocycles. The summed E-state index contributed by atoms with van der Waals surface area (Å²) in [5, 5.41) is 2.99. The lowest BCUT2D eigenvalue weighted by Gasteiger charge is -2.16. The van der Waals surface area contributed by atoms with Crippen LogP contribution in [0.15, 0.2) is 0 Å². The van der Waals surface area contributed by atoms with Gasteiger partial charge in [-0.25, -0.2) is 0 Å². The summed E-state index contributed by atoms with van der Waals surface area (Å²) in [6.45, 7) is 6.83. The minimum absolute atomic E-state index is 0.116. The smallest absolute Gasteiger partial charge is 0.323 e. The van der Waals surface area contributed by atoms with Crippen molar-refractivity contribution in [1.82, 2.24) is 5.32 Å². The van der Waals surface area contributed by atoms with Crippen LogP contribution in [0, 0.1) is 5.92 Å². The van der Waals surface area contributed by atoms with Crippen LogP contribution in [-0.4, -0.2) is 25.7 Å². The lowest BCUT2D eigenvalue weighted by atomic mass is 10.0. The third-order valence-corrected chi connectivity index (χ3v) is 2.08. The van der Waals surface area contributed by atoms with Crippen LogP contribution in [0.5, 0.6) is 0 Å². The highest BCUT2D eigenvalue weighted by Crippen LogP contribution is 2.06. The normalized spacial score (nSPS) is 12.9. The predicted molar refractivity (Wildman–Crippen MR) is 58.2 cm³/mol. The molecule has 0 amide bonds. The first kappa shape index (κ1) is 13.4. The summed E-state index contributed by atoms with van der Waals surface area (Å²) < 4.78 is 5.13. The third-order valence-electron chi connectivity index (χ3n) is 2.08. The standard InChI is InChI=1S/C11H23NO2/c1-5-6-7-14-11(13)10(12-4)8-9(2)3/h9-10,12H,5-8H2,1-4H3/t10-/m0/s1. The SMILES string of the molecule is CCCCOC(=O)[C@H](CC(C)C)NC. The Morgan fingerprint density at radius 1 is 1.43 bits per heavy atom. The van der Waals surface area contributed by atoms with Gasteiger partial charge < -0.3 is 10.1 Å². The van der Waals surface area contributed by atoms with E-state index >= 15 is 0 Å². The number of likely N-dealkylation sites (N-methyl/N-ethyl adjacent to an activating group) is 1. The average Bonchev–Trinajstić information content (AvgIpc) is 2.14. The topological polar surface area (TPSA) is 38.3 Å². The zero-order valence-corrected chi connectivity index (χ0v) is 9.80. The second-order valence-electron chi connectivity index (χ2n) is 3.99. The molecule has 84 valence electrons. The van der Waals surface area contributed by atoms with Gasteiger partial charge in [0.25, 0.3) is 0 Å². The van der Waals surface area contributed by atoms with Gasteiger partial charge in [-0.05, 0) is 25.8 Å². The molecule has 0 aromatic rings. The van der Waals surface area contributed by atoms with Gasteiger partial charge in [0.2, 0.25) is 0 Å². The van der Waals surface area contributed by atoms with Crippen molar-refractivity contribution in [3.05, 3.63) is 0 Å². The van der Waals surface area contributed by atoms with E-state index < -0.39 is 0 Å². The number of unbranched alkanes of at least 4 members (excludes halogenated alkanes) is 1. The molecule has 0 rings (SSSR count). The summed E-state index contributed by atoms with van der Waals surface area (Å²) in [5.41, 5.74) is 0. The molecule has 0 aliphatic heterocycles. The number of carbonyl (C=O) groups is 1. The second-order valence-corrected chi connectivity index (χ2v) is 3.99. The molecule has 0 radical (unpaired) electrons. The number of hydrogen-bond donors (Lipinski definition) is 1. The van der Waals surface area contributed by atoms with Crippen molar-refractivity contribution in [2.45, 2.75) is 46.1 Å². The number of ether oxygens (including phenoxy) is 1. The van der Waals surface area contributed by atoms with Gasteiger partial charge in [0.15, 0.2) is 0 Å². The van der Waals surface area contributed by atoms with Gasteiger partial charge in [-0.2, -0.15) is 0 Å². The predicted octanol–water partition coefficient (Wildman–Crippen LogP) is 1.96. The fourth-order valence-corrected chi connectivity index (χ4v) is 1.22. The molecule has 14 heavy (non-hydrogen) atoms. The maximum absolute atomic E-state index is 11.5. The van der Waals surface area contributed by atoms with Gasteiger partial charge in [-0.15, -0.1) is 0 Å². The Labute approximate surface area is 87.2 Å². The highest BCUT2D eigenvalue weighted by Gasteiger charge is 2.18. The van der Waals surface area contributed by atoms with Crippen molar-refractivity contribution in [1.29, 1.82) is 0 Å². The fourth-order valence-electron chi connectivity index (χ4n) is 1.22. The van der Waals surface area contributed by atoms with Gasteiger partial charge in [0, 0.05) is 0 Å². The van der Waals surface area contributed by atoms with Crippen molar-refractivity contribution in [3.63, 3.8) is 0 Å². The first-order chi connectivity index (χ1) is 6.61. The molecule has 0 bridgehead atoms. The van der Waals surface area contributed by atoms with Crippen LogP contribution in [0.25, 0.3) is 0 Å². The van der Waals surface area contributed by atoms with Gasteiger partial charge in [0.1, 0.15) is 6.04 Å². The van der Waals surface area contributed by atoms with Gasteiger partial charge in [-0.3, -0.25) is 4.79 Å². The van der Waals surface area contributed by atoms with E-state index in [1.54, 1.807) is 7.05 Å². The Kier molecular flexibility index (Phi) is 7.48. The summed E-state index contributed by atoms with van der Waals surface area (Å²) >= 11 is 0. The van der Waals surface area contributed by atoms with E-state index in [1.807, 2.05) is 0 Å². The van der Waals surface area contributed by atoms with Crippen LogP contribution < -0.4 is 5.32 Å². The minimum Gasteiger partial charge on any atom is -0.465 e. The van der Waals surface area contributed by atoms with Gasteiger partial charge in [-0.1, -0.05) is 27.2 Å². The molecule has 0 heterocycles. The lowest BCUT2D eigenvalue weighted by molar-refractivity contribution is -0.146. The van der Waals surface area contributed by atoms with Crippen LogP contribution in [0.3, 0.4) is 0 Å². The summed E-state index contributed by atoms with van der Waals surface area (Å²) in [6.07, 6.45) is 2.84. The van der Waals surface area contributed by atoms with Crippen LogP contribution in [-0.2, 0) is 9.53 Å². The monoisotopic (exact) mass is 201 g/mol. The minimum atomic E-state index is -0.146. The molecule has 0 saturated carbocycles. The summed E-state index contributed by atoms with van der Waals surface area (Å²) in [5.74, 6) is 0.390. The average molecular weight is 201 g/mol. The highest BCUT2D eigenvalue weighted by molar-refractivity contribution is 5.75. The molecular formula is C11H23NO2. The number of rotatable bonds is 7. The summed E-state index contributed by atoms with van der Waals surface area (Å²) in [4.78, 5) is 11.5. The largest absolute Gasteiger partial charge is 0.465 e. The molecule has 3 nitrogen and oxygen atoms in total. The first-order valence-corrected chi connectivity index (χ1v) is 5.45. The molecular weight excluding hydrogens is 178 g/mol. The van der Waals surface area contributed by atoms with E-state index in [9.17, 15) is 4.79 Å².